The van der Waals surface area contributed by atoms with Gasteiger partial charge in [0.2, 0.25) is 5.91 Å². The number of allylic oxidation sites excluding steroid dienone is 16. The lowest BCUT2D eigenvalue weighted by molar-refractivity contribution is -0.123. The number of hydrogen-bond donors (Lipinski definition) is 3. The maximum Gasteiger partial charge on any atom is 0.220 e. The molecule has 0 aromatic heterocycles. The molecule has 0 spiro atoms. The Morgan fingerprint density at radius 1 is 0.446 bits per heavy atom. The van der Waals surface area contributed by atoms with Gasteiger partial charge in [0.25, 0.3) is 0 Å². The Morgan fingerprint density at radius 3 is 1.18 bits per heavy atom. The van der Waals surface area contributed by atoms with Crippen molar-refractivity contribution in [3.63, 3.8) is 0 Å². The van der Waals surface area contributed by atoms with Gasteiger partial charge in [-0.05, 0) is 77.0 Å². The van der Waals surface area contributed by atoms with Crippen LogP contribution in [-0.4, -0.2) is 34.9 Å². The number of hydrogen-bond acceptors (Lipinski definition) is 3. The molecule has 0 fully saturated rings. The van der Waals surface area contributed by atoms with E-state index >= 15 is 0 Å². The highest BCUT2D eigenvalue weighted by atomic mass is 16.3. The van der Waals surface area contributed by atoms with Gasteiger partial charge in [-0.15, -0.1) is 0 Å². The zero-order valence-corrected chi connectivity index (χ0v) is 36.6. The molecule has 3 N–H and O–H groups in total. The predicted octanol–water partition coefficient (Wildman–Crippen LogP) is 15.0. The molecule has 0 aliphatic carbocycles. The summed E-state index contributed by atoms with van der Waals surface area (Å²) < 4.78 is 0. The first-order valence-electron chi connectivity index (χ1n) is 23.4. The fraction of sp³-hybridized carbons (Fsp3) is 0.673. The molecule has 0 aliphatic heterocycles. The predicted molar refractivity (Wildman–Crippen MR) is 248 cm³/mol. The first kappa shape index (κ1) is 53.3. The normalized spacial score (nSPS) is 13.9. The Kier molecular flexibility index (Phi) is 44.4. The van der Waals surface area contributed by atoms with Crippen molar-refractivity contribution in [1.82, 2.24) is 5.32 Å². The molecule has 0 aromatic carbocycles. The van der Waals surface area contributed by atoms with E-state index in [9.17, 15) is 15.0 Å². The van der Waals surface area contributed by atoms with Crippen LogP contribution in [0.5, 0.6) is 0 Å². The van der Waals surface area contributed by atoms with Crippen LogP contribution >= 0.6 is 0 Å². The van der Waals surface area contributed by atoms with E-state index in [1.165, 1.54) is 83.5 Å². The van der Waals surface area contributed by atoms with Gasteiger partial charge < -0.3 is 15.5 Å². The summed E-state index contributed by atoms with van der Waals surface area (Å²) in [6, 6.07) is -0.557. The molecular formula is C52H89NO3. The van der Waals surface area contributed by atoms with Crippen LogP contribution in [0.15, 0.2) is 97.2 Å². The van der Waals surface area contributed by atoms with Crippen molar-refractivity contribution in [1.29, 1.82) is 0 Å². The van der Waals surface area contributed by atoms with Gasteiger partial charge in [-0.1, -0.05) is 220 Å². The van der Waals surface area contributed by atoms with Crippen LogP contribution in [0.2, 0.25) is 0 Å². The fourth-order valence-electron chi connectivity index (χ4n) is 6.55. The third kappa shape index (κ3) is 42.5. The number of amides is 1. The van der Waals surface area contributed by atoms with E-state index in [4.69, 9.17) is 0 Å². The summed E-state index contributed by atoms with van der Waals surface area (Å²) in [4.78, 5) is 12.4. The summed E-state index contributed by atoms with van der Waals surface area (Å²) in [5.41, 5.74) is 0. The van der Waals surface area contributed by atoms with E-state index in [1.54, 1.807) is 0 Å². The lowest BCUT2D eigenvalue weighted by Gasteiger charge is -2.22. The molecule has 0 radical (unpaired) electrons. The molecule has 0 heterocycles. The van der Waals surface area contributed by atoms with E-state index in [2.05, 4.69) is 116 Å². The monoisotopic (exact) mass is 776 g/mol. The summed E-state index contributed by atoms with van der Waals surface area (Å²) in [5.74, 6) is -0.0599. The minimum absolute atomic E-state index is 0.0599. The molecule has 0 saturated carbocycles. The second kappa shape index (κ2) is 46.7. The smallest absolute Gasteiger partial charge is 0.220 e. The molecule has 2 atom stereocenters. The van der Waals surface area contributed by atoms with Gasteiger partial charge in [-0.3, -0.25) is 4.79 Å². The lowest BCUT2D eigenvalue weighted by atomic mass is 10.0. The number of carbonyl (C=O) groups is 1. The lowest BCUT2D eigenvalue weighted by Crippen LogP contribution is -2.45. The minimum Gasteiger partial charge on any atom is -0.394 e. The first-order chi connectivity index (χ1) is 27.7. The van der Waals surface area contributed by atoms with Crippen molar-refractivity contribution in [2.24, 2.45) is 0 Å². The van der Waals surface area contributed by atoms with Crippen LogP contribution < -0.4 is 5.32 Å². The maximum absolute atomic E-state index is 12.4. The van der Waals surface area contributed by atoms with Gasteiger partial charge in [0.1, 0.15) is 0 Å². The number of aliphatic hydroxyl groups is 2. The standard InChI is InChI=1S/C52H89NO3/c1-3-5-7-9-11-13-15-17-19-20-21-22-23-24-25-26-27-28-29-30-31-32-34-36-38-40-42-44-46-48-52(56)53-50(49-54)51(55)47-45-43-41-39-37-35-33-18-16-14-12-10-8-6-4-2/h5,7,11,13,17,19,21-22,24-25,27-28,30-31,34,36,50-51,54-55H,3-4,6,8-10,12,14-16,18,20,23,26,29,32-33,35,37-49H2,1-2H3,(H,53,56)/b7-5-,13-11-,19-17-,22-21-,25-24-,28-27-,31-30-,36-34-. The summed E-state index contributed by atoms with van der Waals surface area (Å²) in [6.45, 7) is 4.23. The molecule has 4 nitrogen and oxygen atoms in total. The van der Waals surface area contributed by atoms with Crippen molar-refractivity contribution in [2.45, 2.75) is 219 Å². The van der Waals surface area contributed by atoms with Gasteiger partial charge >= 0.3 is 0 Å². The van der Waals surface area contributed by atoms with Crippen LogP contribution in [0.4, 0.5) is 0 Å². The fourth-order valence-corrected chi connectivity index (χ4v) is 6.55. The Labute approximate surface area is 347 Å². The number of nitrogens with one attached hydrogen (secondary N) is 1. The van der Waals surface area contributed by atoms with Crippen molar-refractivity contribution in [3.05, 3.63) is 97.2 Å². The summed E-state index contributed by atoms with van der Waals surface area (Å²) in [6.07, 6.45) is 69.1. The number of carbonyl (C=O) groups excluding carboxylic acids is 1. The molecular weight excluding hydrogens is 687 g/mol. The van der Waals surface area contributed by atoms with E-state index in [0.717, 1.165) is 96.3 Å². The highest BCUT2D eigenvalue weighted by Gasteiger charge is 2.19. The molecule has 0 rings (SSSR count). The van der Waals surface area contributed by atoms with Crippen molar-refractivity contribution >= 4 is 5.91 Å². The van der Waals surface area contributed by atoms with E-state index < -0.39 is 12.1 Å². The Bertz CT molecular complexity index is 1060. The summed E-state index contributed by atoms with van der Waals surface area (Å²) in [5, 5.41) is 23.2. The molecule has 4 heteroatoms. The Morgan fingerprint density at radius 2 is 0.786 bits per heavy atom. The number of rotatable bonds is 41. The minimum atomic E-state index is -0.677. The number of aliphatic hydroxyl groups excluding tert-OH is 2. The molecule has 0 saturated heterocycles. The zero-order chi connectivity index (χ0) is 40.7. The summed E-state index contributed by atoms with van der Waals surface area (Å²) in [7, 11) is 0. The Balaban J connectivity index is 3.67. The molecule has 0 aliphatic rings. The van der Waals surface area contributed by atoms with Gasteiger partial charge in [-0.25, -0.2) is 0 Å². The maximum atomic E-state index is 12.4. The van der Waals surface area contributed by atoms with E-state index in [0.29, 0.717) is 12.8 Å². The van der Waals surface area contributed by atoms with Gasteiger partial charge in [0.15, 0.2) is 0 Å². The average Bonchev–Trinajstić information content (AvgIpc) is 3.20. The molecule has 320 valence electrons. The molecule has 0 bridgehead atoms. The highest BCUT2D eigenvalue weighted by Crippen LogP contribution is 2.15. The van der Waals surface area contributed by atoms with Crippen LogP contribution in [0.1, 0.15) is 206 Å². The van der Waals surface area contributed by atoms with Crippen molar-refractivity contribution in [2.75, 3.05) is 6.61 Å². The second-order valence-corrected chi connectivity index (χ2v) is 15.4. The SMILES string of the molecule is CC/C=C\C/C=C\C/C=C\C/C=C\C/C=C\C/C=C\C/C=C\C/C=C\CCCCCCC(=O)NC(CO)C(O)CCCCCCCCCCCCCCCCC. The topological polar surface area (TPSA) is 69.6 Å². The van der Waals surface area contributed by atoms with E-state index in [-0.39, 0.29) is 12.5 Å². The van der Waals surface area contributed by atoms with E-state index in [1.807, 2.05) is 0 Å². The average molecular weight is 776 g/mol. The zero-order valence-electron chi connectivity index (χ0n) is 36.6. The first-order valence-corrected chi connectivity index (χ1v) is 23.4. The van der Waals surface area contributed by atoms with Crippen LogP contribution in [0.3, 0.4) is 0 Å². The van der Waals surface area contributed by atoms with Crippen molar-refractivity contribution < 1.29 is 15.0 Å². The third-order valence-electron chi connectivity index (χ3n) is 10.1. The third-order valence-corrected chi connectivity index (χ3v) is 10.1. The van der Waals surface area contributed by atoms with Gasteiger partial charge in [0, 0.05) is 6.42 Å². The quantitative estimate of drug-likeness (QED) is 0.0428. The largest absolute Gasteiger partial charge is 0.394 e. The molecule has 56 heavy (non-hydrogen) atoms. The Hall–Kier alpha value is -2.69. The van der Waals surface area contributed by atoms with Crippen LogP contribution in [-0.2, 0) is 4.79 Å². The highest BCUT2D eigenvalue weighted by molar-refractivity contribution is 5.76. The molecule has 1 amide bonds. The second-order valence-electron chi connectivity index (χ2n) is 15.4. The van der Waals surface area contributed by atoms with Crippen molar-refractivity contribution in [3.8, 4) is 0 Å². The molecule has 0 aromatic rings. The van der Waals surface area contributed by atoms with Gasteiger partial charge in [-0.2, -0.15) is 0 Å². The summed E-state index contributed by atoms with van der Waals surface area (Å²) >= 11 is 0. The number of unbranched alkanes of at least 4 members (excludes halogenated alkanes) is 18. The van der Waals surface area contributed by atoms with Gasteiger partial charge in [0.05, 0.1) is 18.8 Å². The van der Waals surface area contributed by atoms with Crippen LogP contribution in [0.25, 0.3) is 0 Å². The van der Waals surface area contributed by atoms with Crippen LogP contribution in [0, 0.1) is 0 Å². The molecule has 2 unspecified atom stereocenters.